The summed E-state index contributed by atoms with van der Waals surface area (Å²) >= 11 is 5.88. The molecular weight excluding hydrogens is 431 g/mol. The van der Waals surface area contributed by atoms with Gasteiger partial charge in [0.1, 0.15) is 0 Å². The molecule has 0 fully saturated rings. The summed E-state index contributed by atoms with van der Waals surface area (Å²) in [5.74, 6) is 0.238. The highest BCUT2D eigenvalue weighted by atomic mass is 35.5. The zero-order valence-electron chi connectivity index (χ0n) is 15.5. The van der Waals surface area contributed by atoms with Crippen LogP contribution in [0.1, 0.15) is 5.69 Å². The Kier molecular flexibility index (Phi) is 4.48. The van der Waals surface area contributed by atoms with Crippen LogP contribution in [0.3, 0.4) is 0 Å². The molecule has 6 nitrogen and oxygen atoms in total. The Bertz CT molecular complexity index is 1380. The van der Waals surface area contributed by atoms with Crippen LogP contribution < -0.4 is 0 Å². The first-order valence-corrected chi connectivity index (χ1v) is 9.40. The molecule has 0 aliphatic rings. The number of alkyl halides is 3. The van der Waals surface area contributed by atoms with E-state index in [1.54, 1.807) is 54.6 Å². The second-order valence-corrected chi connectivity index (χ2v) is 7.06. The number of halogens is 4. The van der Waals surface area contributed by atoms with Crippen LogP contribution in [0.2, 0.25) is 5.02 Å². The maximum atomic E-state index is 13.7. The number of aromatic nitrogens is 5. The molecule has 31 heavy (non-hydrogen) atoms. The third-order valence-electron chi connectivity index (χ3n) is 4.53. The van der Waals surface area contributed by atoms with Crippen molar-refractivity contribution >= 4 is 17.2 Å². The lowest BCUT2D eigenvalue weighted by atomic mass is 10.1. The predicted octanol–water partition coefficient (Wildman–Crippen LogP) is 5.79. The Hall–Kier alpha value is -3.72. The third kappa shape index (κ3) is 3.64. The zero-order chi connectivity index (χ0) is 21.6. The minimum Gasteiger partial charge on any atom is -0.332 e. The van der Waals surface area contributed by atoms with Gasteiger partial charge in [0.15, 0.2) is 17.0 Å². The van der Waals surface area contributed by atoms with Gasteiger partial charge in [-0.3, -0.25) is 0 Å². The van der Waals surface area contributed by atoms with E-state index in [4.69, 9.17) is 16.1 Å². The lowest BCUT2D eigenvalue weighted by Crippen LogP contribution is -2.13. The van der Waals surface area contributed by atoms with E-state index in [0.29, 0.717) is 16.1 Å². The van der Waals surface area contributed by atoms with E-state index in [1.165, 1.54) is 6.07 Å². The Morgan fingerprint density at radius 2 is 1.58 bits per heavy atom. The average Bonchev–Trinajstić information content (AvgIpc) is 3.40. The quantitative estimate of drug-likeness (QED) is 0.354. The number of nitrogens with zero attached hydrogens (tertiary/aromatic N) is 5. The fraction of sp³-hybridized carbons (Fsp3) is 0.0476. The fourth-order valence-electron chi connectivity index (χ4n) is 3.08. The Labute approximate surface area is 177 Å². The van der Waals surface area contributed by atoms with Crippen molar-refractivity contribution in [1.29, 1.82) is 0 Å². The van der Waals surface area contributed by atoms with Crippen LogP contribution in [0.25, 0.3) is 39.9 Å². The van der Waals surface area contributed by atoms with Crippen molar-refractivity contribution in [3.05, 3.63) is 77.4 Å². The summed E-state index contributed by atoms with van der Waals surface area (Å²) in [6.07, 6.45) is -4.64. The Morgan fingerprint density at radius 3 is 2.29 bits per heavy atom. The summed E-state index contributed by atoms with van der Waals surface area (Å²) in [6, 6.07) is 17.7. The van der Waals surface area contributed by atoms with Crippen molar-refractivity contribution in [2.24, 2.45) is 0 Å². The van der Waals surface area contributed by atoms with Crippen molar-refractivity contribution in [2.75, 3.05) is 0 Å². The van der Waals surface area contributed by atoms with Crippen LogP contribution in [0.4, 0.5) is 13.2 Å². The smallest absolute Gasteiger partial charge is 0.332 e. The molecule has 0 N–H and O–H groups in total. The number of hydrogen-bond donors (Lipinski definition) is 0. The van der Waals surface area contributed by atoms with Gasteiger partial charge in [0.05, 0.1) is 5.69 Å². The van der Waals surface area contributed by atoms with Crippen molar-refractivity contribution in [2.45, 2.75) is 6.18 Å². The maximum Gasteiger partial charge on any atom is 0.433 e. The molecule has 0 spiro atoms. The van der Waals surface area contributed by atoms with Crippen molar-refractivity contribution < 1.29 is 17.7 Å². The molecule has 5 aromatic rings. The molecule has 0 saturated carbocycles. The highest BCUT2D eigenvalue weighted by Crippen LogP contribution is 2.33. The van der Waals surface area contributed by atoms with E-state index in [2.05, 4.69) is 20.2 Å². The molecule has 0 unspecified atom stereocenters. The first-order valence-electron chi connectivity index (χ1n) is 9.02. The lowest BCUT2D eigenvalue weighted by molar-refractivity contribution is -0.142. The van der Waals surface area contributed by atoms with E-state index >= 15 is 0 Å². The van der Waals surface area contributed by atoms with Gasteiger partial charge in [-0.1, -0.05) is 47.1 Å². The second-order valence-electron chi connectivity index (χ2n) is 6.62. The summed E-state index contributed by atoms with van der Waals surface area (Å²) in [5, 5.41) is 8.45. The van der Waals surface area contributed by atoms with Crippen LogP contribution in [0.15, 0.2) is 71.3 Å². The van der Waals surface area contributed by atoms with Gasteiger partial charge >= 0.3 is 6.18 Å². The van der Waals surface area contributed by atoms with E-state index < -0.39 is 11.9 Å². The van der Waals surface area contributed by atoms with Crippen LogP contribution in [-0.4, -0.2) is 24.7 Å². The third-order valence-corrected chi connectivity index (χ3v) is 4.79. The van der Waals surface area contributed by atoms with Gasteiger partial charge in [0.25, 0.3) is 5.89 Å². The van der Waals surface area contributed by atoms with Crippen molar-refractivity contribution in [1.82, 2.24) is 24.7 Å². The summed E-state index contributed by atoms with van der Waals surface area (Å²) in [7, 11) is 0. The SMILES string of the molecule is FC(F)(F)c1cc(-c2ccccc2)nc2cc(-c3nc(-c4ccc(Cl)cc4)no3)nn12. The van der Waals surface area contributed by atoms with E-state index in [9.17, 15) is 13.2 Å². The molecular formula is C21H11ClF3N5O. The fourth-order valence-corrected chi connectivity index (χ4v) is 3.21. The molecule has 0 bridgehead atoms. The molecule has 5 rings (SSSR count). The molecule has 3 heterocycles. The van der Waals surface area contributed by atoms with Gasteiger partial charge in [-0.05, 0) is 30.3 Å². The topological polar surface area (TPSA) is 69.1 Å². The van der Waals surface area contributed by atoms with Crippen LogP contribution in [-0.2, 0) is 6.18 Å². The van der Waals surface area contributed by atoms with E-state index in [0.717, 1.165) is 10.6 Å². The first-order chi connectivity index (χ1) is 14.9. The predicted molar refractivity (Wildman–Crippen MR) is 107 cm³/mol. The van der Waals surface area contributed by atoms with Gasteiger partial charge in [0.2, 0.25) is 5.82 Å². The molecule has 10 heteroatoms. The molecule has 3 aromatic heterocycles. The average molecular weight is 442 g/mol. The Balaban J connectivity index is 1.62. The van der Waals surface area contributed by atoms with Crippen LogP contribution in [0.5, 0.6) is 0 Å². The minimum absolute atomic E-state index is 0.00919. The van der Waals surface area contributed by atoms with Crippen molar-refractivity contribution in [3.63, 3.8) is 0 Å². The normalized spacial score (nSPS) is 11.9. The van der Waals surface area contributed by atoms with E-state index in [1.807, 2.05) is 0 Å². The largest absolute Gasteiger partial charge is 0.433 e. The summed E-state index contributed by atoms with van der Waals surface area (Å²) in [4.78, 5) is 8.58. The summed E-state index contributed by atoms with van der Waals surface area (Å²) in [5.41, 5.74) is 0.509. The lowest BCUT2D eigenvalue weighted by Gasteiger charge is -2.10. The van der Waals surface area contributed by atoms with Crippen LogP contribution in [0, 0.1) is 0 Å². The summed E-state index contributed by atoms with van der Waals surface area (Å²) in [6.45, 7) is 0. The second kappa shape index (κ2) is 7.21. The number of fused-ring (bicyclic) bond motifs is 1. The molecule has 0 saturated heterocycles. The number of rotatable bonds is 3. The Morgan fingerprint density at radius 1 is 0.839 bits per heavy atom. The molecule has 154 valence electrons. The molecule has 0 radical (unpaired) electrons. The molecule has 0 aliphatic carbocycles. The van der Waals surface area contributed by atoms with Gasteiger partial charge < -0.3 is 4.52 Å². The zero-order valence-corrected chi connectivity index (χ0v) is 16.3. The van der Waals surface area contributed by atoms with Gasteiger partial charge in [0, 0.05) is 22.2 Å². The monoisotopic (exact) mass is 441 g/mol. The first kappa shape index (κ1) is 19.3. The van der Waals surface area contributed by atoms with Gasteiger partial charge in [-0.15, -0.1) is 0 Å². The molecule has 0 amide bonds. The number of hydrogen-bond acceptors (Lipinski definition) is 5. The molecule has 0 aliphatic heterocycles. The molecule has 2 aromatic carbocycles. The van der Waals surface area contributed by atoms with Crippen LogP contribution >= 0.6 is 11.6 Å². The molecule has 0 atom stereocenters. The minimum atomic E-state index is -4.64. The highest BCUT2D eigenvalue weighted by Gasteiger charge is 2.35. The maximum absolute atomic E-state index is 13.7. The van der Waals surface area contributed by atoms with Crippen molar-refractivity contribution in [3.8, 4) is 34.2 Å². The van der Waals surface area contributed by atoms with Gasteiger partial charge in [-0.25, -0.2) is 9.50 Å². The summed E-state index contributed by atoms with van der Waals surface area (Å²) < 4.78 is 47.2. The number of benzene rings is 2. The standard InChI is InChI=1S/C21H11ClF3N5O/c22-14-8-6-13(7-9-14)19-27-20(31-29-19)16-11-18-26-15(12-4-2-1-3-5-12)10-17(21(23,24)25)30(18)28-16/h1-11H. The van der Waals surface area contributed by atoms with Gasteiger partial charge in [-0.2, -0.15) is 23.3 Å². The van der Waals surface area contributed by atoms with E-state index in [-0.39, 0.29) is 28.8 Å². The highest BCUT2D eigenvalue weighted by molar-refractivity contribution is 6.30.